The van der Waals surface area contributed by atoms with Gasteiger partial charge in [-0.3, -0.25) is 24.3 Å². The molecule has 1 aromatic carbocycles. The first-order chi connectivity index (χ1) is 20.9. The Kier molecular flexibility index (Phi) is 11.7. The molecule has 1 saturated heterocycles. The second-order valence-corrected chi connectivity index (χ2v) is 13.7. The number of aliphatic carboxylic acids is 2. The van der Waals surface area contributed by atoms with Gasteiger partial charge in [0.25, 0.3) is 5.91 Å². The van der Waals surface area contributed by atoms with Gasteiger partial charge in [0.1, 0.15) is 23.0 Å². The van der Waals surface area contributed by atoms with E-state index in [1.807, 2.05) is 12.1 Å². The average Bonchev–Trinajstić information content (AvgIpc) is 2.98. The number of thioether (sulfide) groups is 3. The van der Waals surface area contributed by atoms with Gasteiger partial charge in [0.05, 0.1) is 10.8 Å². The van der Waals surface area contributed by atoms with Crippen molar-refractivity contribution in [3.05, 3.63) is 64.0 Å². The molecule has 3 atom stereocenters. The Morgan fingerprint density at radius 1 is 1.16 bits per heavy atom. The molecule has 3 heterocycles. The van der Waals surface area contributed by atoms with Crippen LogP contribution in [-0.2, 0) is 25.7 Å². The van der Waals surface area contributed by atoms with Gasteiger partial charge in [0.15, 0.2) is 24.9 Å². The molecule has 0 aliphatic carbocycles. The van der Waals surface area contributed by atoms with Crippen LogP contribution in [0.1, 0.15) is 6.42 Å². The molecule has 12 nitrogen and oxygen atoms in total. The van der Waals surface area contributed by atoms with Gasteiger partial charge in [0.2, 0.25) is 5.91 Å². The minimum atomic E-state index is -1.21. The number of hydrogen-bond donors (Lipinski definition) is 5. The van der Waals surface area contributed by atoms with Crippen LogP contribution in [0.4, 0.5) is 0 Å². The standard InChI is InChI=1S/C27H28Cl2N6O6S3/c28-16-1-2-18(29)19(9-16)43-13-20(36)33-21-23(37)35-22(26(40)41)15(12-44-24(21)35)11-42-17-4-7-34(8-5-17)10-14(25(38)39)3-6-32-27(30)31/h1-2,4-5,7-9,14,21,24H,3,6,10-13H2,(H6-,30,31,32,33,36,38,39,40,41)/p+1/t14-,21-,24+/m0/s1. The third-order valence-electron chi connectivity index (χ3n) is 6.64. The van der Waals surface area contributed by atoms with Crippen LogP contribution >= 0.6 is 58.5 Å². The Morgan fingerprint density at radius 2 is 1.89 bits per heavy atom. The van der Waals surface area contributed by atoms with Crippen LogP contribution in [0.5, 0.6) is 0 Å². The number of guanidine groups is 1. The van der Waals surface area contributed by atoms with Crippen molar-refractivity contribution < 1.29 is 34.0 Å². The molecule has 2 aliphatic rings. The Labute approximate surface area is 275 Å². The molecule has 1 fully saturated rings. The summed E-state index contributed by atoms with van der Waals surface area (Å²) in [5.41, 5.74) is 11.1. The van der Waals surface area contributed by atoms with Crippen LogP contribution in [0.3, 0.4) is 0 Å². The van der Waals surface area contributed by atoms with Gasteiger partial charge in [-0.15, -0.1) is 35.3 Å². The Morgan fingerprint density at radius 3 is 2.55 bits per heavy atom. The highest BCUT2D eigenvalue weighted by Crippen LogP contribution is 2.41. The smallest absolute Gasteiger partial charge is 0.352 e. The zero-order valence-electron chi connectivity index (χ0n) is 23.0. The highest BCUT2D eigenvalue weighted by atomic mass is 35.5. The van der Waals surface area contributed by atoms with E-state index in [0.29, 0.717) is 32.0 Å². The summed E-state index contributed by atoms with van der Waals surface area (Å²) in [7, 11) is 0. The number of β-lactam (4-membered cyclic amide) rings is 1. The number of aliphatic imine (C=N–C) groups is 1. The number of carboxylic acids is 2. The lowest BCUT2D eigenvalue weighted by Crippen LogP contribution is -2.70. The molecule has 7 N–H and O–H groups in total. The van der Waals surface area contributed by atoms with Crippen molar-refractivity contribution in [3.8, 4) is 0 Å². The van der Waals surface area contributed by atoms with Crippen LogP contribution in [0, 0.1) is 5.92 Å². The summed E-state index contributed by atoms with van der Waals surface area (Å²) in [6.45, 7) is 0.438. The summed E-state index contributed by atoms with van der Waals surface area (Å²) < 4.78 is 1.75. The number of carbonyl (C=O) groups excluding carboxylic acids is 2. The summed E-state index contributed by atoms with van der Waals surface area (Å²) in [4.78, 5) is 56.0. The van der Waals surface area contributed by atoms with Gasteiger partial charge >= 0.3 is 11.9 Å². The largest absolute Gasteiger partial charge is 0.481 e. The quantitative estimate of drug-likeness (QED) is 0.0639. The minimum absolute atomic E-state index is 0.0107. The fourth-order valence-electron chi connectivity index (χ4n) is 4.47. The molecule has 0 unspecified atom stereocenters. The molecular weight excluding hydrogens is 671 g/mol. The summed E-state index contributed by atoms with van der Waals surface area (Å²) in [6.07, 6.45) is 3.78. The topological polar surface area (TPSA) is 192 Å². The van der Waals surface area contributed by atoms with E-state index in [-0.39, 0.29) is 42.8 Å². The van der Waals surface area contributed by atoms with Gasteiger partial charge in [0, 0.05) is 45.0 Å². The number of pyridine rings is 1. The lowest BCUT2D eigenvalue weighted by atomic mass is 10.0. The molecular formula is C27H29Cl2N6O6S3+. The number of hydrogen-bond acceptors (Lipinski definition) is 8. The van der Waals surface area contributed by atoms with E-state index in [0.717, 1.165) is 4.90 Å². The van der Waals surface area contributed by atoms with E-state index < -0.39 is 35.2 Å². The van der Waals surface area contributed by atoms with Crippen molar-refractivity contribution in [1.82, 2.24) is 10.2 Å². The highest BCUT2D eigenvalue weighted by molar-refractivity contribution is 8.01. The van der Waals surface area contributed by atoms with Gasteiger partial charge in [-0.1, -0.05) is 23.2 Å². The number of amides is 2. The van der Waals surface area contributed by atoms with Crippen molar-refractivity contribution in [3.63, 3.8) is 0 Å². The monoisotopic (exact) mass is 699 g/mol. The van der Waals surface area contributed by atoms with Gasteiger partial charge in [-0.25, -0.2) is 9.36 Å². The molecule has 0 spiro atoms. The summed E-state index contributed by atoms with van der Waals surface area (Å²) in [5, 5.41) is 22.6. The number of nitrogens with one attached hydrogen (secondary N) is 1. The normalized spacial score (nSPS) is 18.2. The lowest BCUT2D eigenvalue weighted by Gasteiger charge is -2.49. The summed E-state index contributed by atoms with van der Waals surface area (Å²) >= 11 is 16.1. The third-order valence-corrected chi connectivity index (χ3v) is 10.8. The predicted octanol–water partition coefficient (Wildman–Crippen LogP) is 2.27. The molecule has 234 valence electrons. The number of benzene rings is 1. The Balaban J connectivity index is 1.33. The number of carbonyl (C=O) groups is 4. The van der Waals surface area contributed by atoms with Crippen LogP contribution in [0.25, 0.3) is 0 Å². The van der Waals surface area contributed by atoms with E-state index in [4.69, 9.17) is 34.7 Å². The van der Waals surface area contributed by atoms with E-state index >= 15 is 0 Å². The maximum absolute atomic E-state index is 13.0. The van der Waals surface area contributed by atoms with E-state index in [1.54, 1.807) is 35.2 Å². The van der Waals surface area contributed by atoms with Crippen LogP contribution in [-0.4, -0.2) is 80.0 Å². The van der Waals surface area contributed by atoms with Crippen LogP contribution in [0.2, 0.25) is 10.0 Å². The second-order valence-electron chi connectivity index (χ2n) is 9.73. The third kappa shape index (κ3) is 8.53. The number of rotatable bonds is 14. The lowest BCUT2D eigenvalue weighted by molar-refractivity contribution is -0.701. The zero-order valence-corrected chi connectivity index (χ0v) is 27.0. The number of fused-ring (bicyclic) bond motifs is 1. The van der Waals surface area contributed by atoms with Crippen LogP contribution in [0.15, 0.2) is 68.8 Å². The Bertz CT molecular complexity index is 1510. The number of halogens is 2. The predicted molar refractivity (Wildman–Crippen MR) is 171 cm³/mol. The van der Waals surface area contributed by atoms with Crippen molar-refractivity contribution in [1.29, 1.82) is 0 Å². The van der Waals surface area contributed by atoms with Gasteiger partial charge in [-0.05, 0) is 30.2 Å². The first kappa shape index (κ1) is 33.8. The Hall–Kier alpha value is -3.11. The molecule has 0 bridgehead atoms. The summed E-state index contributed by atoms with van der Waals surface area (Å²) in [6, 6.07) is 7.73. The molecule has 1 aromatic heterocycles. The van der Waals surface area contributed by atoms with Crippen molar-refractivity contribution >= 4 is 88.2 Å². The van der Waals surface area contributed by atoms with E-state index in [2.05, 4.69) is 10.3 Å². The van der Waals surface area contributed by atoms with Gasteiger partial charge in [-0.2, -0.15) is 0 Å². The van der Waals surface area contributed by atoms with Crippen molar-refractivity contribution in [2.45, 2.75) is 34.2 Å². The molecule has 0 radical (unpaired) electrons. The molecule has 44 heavy (non-hydrogen) atoms. The highest BCUT2D eigenvalue weighted by Gasteiger charge is 2.54. The fourth-order valence-corrected chi connectivity index (χ4v) is 8.14. The average molecular weight is 701 g/mol. The molecule has 2 aromatic rings. The first-order valence-electron chi connectivity index (χ1n) is 13.1. The SMILES string of the molecule is NC(N)=NCC[C@@H](C[n+]1ccc(SCC2=C(C(=O)O)N3C(=O)[C@H](NC(=O)CSc4cc(Cl)ccc4Cl)[C@H]3SC2)cc1)C(=O)O. The fraction of sp³-hybridized carbons (Fsp3) is 0.333. The first-order valence-corrected chi connectivity index (χ1v) is 16.9. The number of carboxylic acid groups (broad SMARTS) is 2. The maximum Gasteiger partial charge on any atom is 0.352 e. The molecule has 2 amide bonds. The van der Waals surface area contributed by atoms with Gasteiger partial charge < -0.3 is 27.0 Å². The maximum atomic E-state index is 13.0. The van der Waals surface area contributed by atoms with Crippen molar-refractivity contribution in [2.24, 2.45) is 22.4 Å². The number of nitrogens with two attached hydrogens (primary N) is 2. The molecule has 4 rings (SSSR count). The van der Waals surface area contributed by atoms with E-state index in [1.165, 1.54) is 40.2 Å². The zero-order chi connectivity index (χ0) is 32.0. The minimum Gasteiger partial charge on any atom is -0.481 e. The molecule has 17 heteroatoms. The second kappa shape index (κ2) is 15.3. The van der Waals surface area contributed by atoms with E-state index in [9.17, 15) is 29.4 Å². The number of aromatic nitrogens is 1. The van der Waals surface area contributed by atoms with Crippen molar-refractivity contribution in [2.75, 3.05) is 23.8 Å². The summed E-state index contributed by atoms with van der Waals surface area (Å²) in [5.74, 6) is -3.06. The number of nitrogens with zero attached hydrogens (tertiary/aromatic N) is 3. The molecule has 0 saturated carbocycles. The van der Waals surface area contributed by atoms with Crippen LogP contribution < -0.4 is 21.4 Å². The molecule has 2 aliphatic heterocycles.